The summed E-state index contributed by atoms with van der Waals surface area (Å²) in [5.74, 6) is 1.32. The lowest BCUT2D eigenvalue weighted by Crippen LogP contribution is -2.40. The Morgan fingerprint density at radius 1 is 1.16 bits per heavy atom. The maximum atomic E-state index is 13.4. The third-order valence-electron chi connectivity index (χ3n) is 6.34. The van der Waals surface area contributed by atoms with Gasteiger partial charge in [0.1, 0.15) is 17.4 Å². The Morgan fingerprint density at radius 3 is 2.81 bits per heavy atom. The number of likely N-dealkylation sites (tertiary alicyclic amines) is 1. The molecule has 1 aliphatic heterocycles. The van der Waals surface area contributed by atoms with Gasteiger partial charge in [0.2, 0.25) is 0 Å². The summed E-state index contributed by atoms with van der Waals surface area (Å²) in [5, 5.41) is 4.13. The molecule has 0 saturated carbocycles. The van der Waals surface area contributed by atoms with Crippen molar-refractivity contribution in [2.75, 3.05) is 13.1 Å². The van der Waals surface area contributed by atoms with E-state index in [4.69, 9.17) is 9.51 Å². The van der Waals surface area contributed by atoms with Crippen LogP contribution in [0.3, 0.4) is 0 Å². The van der Waals surface area contributed by atoms with Gasteiger partial charge in [-0.05, 0) is 56.7 Å². The van der Waals surface area contributed by atoms with E-state index < -0.39 is 0 Å². The van der Waals surface area contributed by atoms with Gasteiger partial charge in [0, 0.05) is 42.8 Å². The fourth-order valence-corrected chi connectivity index (χ4v) is 4.74. The van der Waals surface area contributed by atoms with Crippen LogP contribution in [0.25, 0.3) is 11.1 Å². The zero-order chi connectivity index (χ0) is 21.4. The van der Waals surface area contributed by atoms with Gasteiger partial charge in [-0.2, -0.15) is 0 Å². The number of fused-ring (bicyclic) bond motifs is 1. The Bertz CT molecular complexity index is 1110. The molecule has 1 atom stereocenters. The average molecular weight is 420 g/mol. The van der Waals surface area contributed by atoms with Crippen molar-refractivity contribution in [2.24, 2.45) is 0 Å². The van der Waals surface area contributed by atoms with Crippen molar-refractivity contribution in [3.05, 3.63) is 64.8 Å². The number of piperidine rings is 1. The van der Waals surface area contributed by atoms with Crippen LogP contribution in [0.1, 0.15) is 64.9 Å². The average Bonchev–Trinajstić information content (AvgIpc) is 3.23. The predicted octanol–water partition coefficient (Wildman–Crippen LogP) is 4.48. The third kappa shape index (κ3) is 3.84. The Kier molecular flexibility index (Phi) is 5.26. The van der Waals surface area contributed by atoms with Crippen LogP contribution in [-0.4, -0.2) is 39.0 Å². The van der Waals surface area contributed by atoms with Gasteiger partial charge in [-0.25, -0.2) is 14.4 Å². The summed E-state index contributed by atoms with van der Waals surface area (Å²) in [6.07, 6.45) is 7.50. The minimum atomic E-state index is -0.274. The number of carbonyl (C=O) groups is 1. The van der Waals surface area contributed by atoms with Gasteiger partial charge in [-0.1, -0.05) is 17.3 Å². The Hall–Kier alpha value is -3.09. The van der Waals surface area contributed by atoms with Gasteiger partial charge in [0.05, 0.1) is 5.69 Å². The maximum absolute atomic E-state index is 13.4. The van der Waals surface area contributed by atoms with E-state index in [2.05, 4.69) is 10.1 Å². The zero-order valence-electron chi connectivity index (χ0n) is 17.6. The van der Waals surface area contributed by atoms with E-state index in [1.807, 2.05) is 11.8 Å². The lowest BCUT2D eigenvalue weighted by atomic mass is 9.89. The maximum Gasteiger partial charge on any atom is 0.276 e. The molecule has 0 radical (unpaired) electrons. The molecule has 7 heteroatoms. The molecule has 0 spiro atoms. The van der Waals surface area contributed by atoms with Gasteiger partial charge in [-0.15, -0.1) is 0 Å². The van der Waals surface area contributed by atoms with Crippen molar-refractivity contribution in [3.8, 4) is 11.1 Å². The quantitative estimate of drug-likeness (QED) is 0.625. The molecule has 0 bridgehead atoms. The summed E-state index contributed by atoms with van der Waals surface area (Å²) in [6, 6.07) is 6.40. The second kappa shape index (κ2) is 8.21. The predicted molar refractivity (Wildman–Crippen MR) is 113 cm³/mol. The molecular weight excluding hydrogens is 395 g/mol. The summed E-state index contributed by atoms with van der Waals surface area (Å²) in [5.41, 5.74) is 4.16. The fourth-order valence-electron chi connectivity index (χ4n) is 4.74. The van der Waals surface area contributed by atoms with Crippen LogP contribution in [0.2, 0.25) is 0 Å². The summed E-state index contributed by atoms with van der Waals surface area (Å²) in [7, 11) is 0. The van der Waals surface area contributed by atoms with Crippen molar-refractivity contribution in [2.45, 2.75) is 51.4 Å². The molecule has 0 unspecified atom stereocenters. The number of halogens is 1. The molecule has 31 heavy (non-hydrogen) atoms. The van der Waals surface area contributed by atoms with Gasteiger partial charge >= 0.3 is 0 Å². The number of amides is 1. The molecule has 1 fully saturated rings. The molecule has 3 aromatic rings. The lowest BCUT2D eigenvalue weighted by molar-refractivity contribution is 0.0694. The molecular formula is C24H25FN4O2. The zero-order valence-corrected chi connectivity index (χ0v) is 17.6. The second-order valence-electron chi connectivity index (χ2n) is 8.45. The summed E-state index contributed by atoms with van der Waals surface area (Å²) >= 11 is 0. The molecule has 1 aliphatic carbocycles. The van der Waals surface area contributed by atoms with E-state index >= 15 is 0 Å². The fraction of sp³-hybridized carbons (Fsp3) is 0.417. The number of hydrogen-bond donors (Lipinski definition) is 0. The number of hydrogen-bond acceptors (Lipinski definition) is 5. The van der Waals surface area contributed by atoms with Crippen LogP contribution in [0.5, 0.6) is 0 Å². The van der Waals surface area contributed by atoms with Crippen molar-refractivity contribution in [1.82, 2.24) is 20.0 Å². The second-order valence-corrected chi connectivity index (χ2v) is 8.45. The summed E-state index contributed by atoms with van der Waals surface area (Å²) in [4.78, 5) is 24.3. The molecule has 1 aromatic carbocycles. The van der Waals surface area contributed by atoms with Crippen molar-refractivity contribution >= 4 is 5.91 Å². The molecule has 2 aliphatic rings. The van der Waals surface area contributed by atoms with Crippen LogP contribution in [0, 0.1) is 12.7 Å². The number of aromatic nitrogens is 3. The summed E-state index contributed by atoms with van der Waals surface area (Å²) in [6.45, 7) is 3.14. The molecule has 0 N–H and O–H groups in total. The first-order chi connectivity index (χ1) is 15.1. The monoisotopic (exact) mass is 420 g/mol. The number of benzene rings is 1. The highest BCUT2D eigenvalue weighted by Crippen LogP contribution is 2.34. The third-order valence-corrected chi connectivity index (χ3v) is 6.34. The Labute approximate surface area is 180 Å². The number of rotatable bonds is 3. The Balaban J connectivity index is 1.43. The molecule has 1 amide bonds. The van der Waals surface area contributed by atoms with Gasteiger partial charge in [-0.3, -0.25) is 4.79 Å². The highest BCUT2D eigenvalue weighted by atomic mass is 19.1. The molecule has 1 saturated heterocycles. The molecule has 5 rings (SSSR count). The van der Waals surface area contributed by atoms with Crippen LogP contribution >= 0.6 is 0 Å². The molecule has 3 heterocycles. The van der Waals surface area contributed by atoms with Crippen LogP contribution in [0.15, 0.2) is 35.0 Å². The topological polar surface area (TPSA) is 72.1 Å². The van der Waals surface area contributed by atoms with Gasteiger partial charge in [0.15, 0.2) is 5.69 Å². The molecule has 160 valence electrons. The van der Waals surface area contributed by atoms with E-state index in [1.165, 1.54) is 12.1 Å². The first-order valence-corrected chi connectivity index (χ1v) is 11.0. The Morgan fingerprint density at radius 2 is 1.97 bits per heavy atom. The largest absolute Gasteiger partial charge is 0.360 e. The van der Waals surface area contributed by atoms with Crippen LogP contribution in [0.4, 0.5) is 4.39 Å². The smallest absolute Gasteiger partial charge is 0.276 e. The van der Waals surface area contributed by atoms with Crippen LogP contribution < -0.4 is 0 Å². The van der Waals surface area contributed by atoms with Gasteiger partial charge < -0.3 is 9.42 Å². The normalized spacial score (nSPS) is 18.6. The first-order valence-electron chi connectivity index (χ1n) is 11.0. The minimum Gasteiger partial charge on any atom is -0.360 e. The van der Waals surface area contributed by atoms with Crippen molar-refractivity contribution in [1.29, 1.82) is 0 Å². The standard InChI is InChI=1S/C24H25FN4O2/c1-15-26-13-20(16-8-10-18(25)11-9-16)22(27-15)17-5-4-12-29(14-17)24(30)23-19-6-2-3-7-21(19)31-28-23/h8-11,13,17H,2-7,12,14H2,1H3/t17-/m0/s1. The van der Waals surface area contributed by atoms with Gasteiger partial charge in [0.25, 0.3) is 5.91 Å². The number of nitrogens with zero attached hydrogens (tertiary/aromatic N) is 4. The highest BCUT2D eigenvalue weighted by molar-refractivity contribution is 5.94. The van der Waals surface area contributed by atoms with E-state index in [0.29, 0.717) is 24.6 Å². The number of aryl methyl sites for hydroxylation is 2. The van der Waals surface area contributed by atoms with Crippen molar-refractivity contribution in [3.63, 3.8) is 0 Å². The lowest BCUT2D eigenvalue weighted by Gasteiger charge is -2.33. The molecule has 6 nitrogen and oxygen atoms in total. The molecule has 2 aromatic heterocycles. The van der Waals surface area contributed by atoms with E-state index in [0.717, 1.165) is 66.7 Å². The van der Waals surface area contributed by atoms with E-state index in [-0.39, 0.29) is 17.6 Å². The first kappa shape index (κ1) is 19.8. The van der Waals surface area contributed by atoms with E-state index in [1.54, 1.807) is 18.3 Å². The minimum absolute atomic E-state index is 0.0503. The number of carbonyl (C=O) groups excluding carboxylic acids is 1. The SMILES string of the molecule is Cc1ncc(-c2ccc(F)cc2)c([C@H]2CCCN(C(=O)c3noc4c3CCCC4)C2)n1. The summed E-state index contributed by atoms with van der Waals surface area (Å²) < 4.78 is 18.9. The highest BCUT2D eigenvalue weighted by Gasteiger charge is 2.32. The van der Waals surface area contributed by atoms with Crippen molar-refractivity contribution < 1.29 is 13.7 Å². The van der Waals surface area contributed by atoms with E-state index in [9.17, 15) is 9.18 Å². The van der Waals surface area contributed by atoms with Crippen LogP contribution in [-0.2, 0) is 12.8 Å².